The molecule has 0 radical (unpaired) electrons. The number of benzene rings is 2. The number of ether oxygens (including phenoxy) is 1. The molecule has 1 aliphatic rings. The molecule has 0 bridgehead atoms. The molecule has 202 valence electrons. The first-order valence-electron chi connectivity index (χ1n) is 11.6. The van der Waals surface area contributed by atoms with Gasteiger partial charge in [0, 0.05) is 19.6 Å². The van der Waals surface area contributed by atoms with Gasteiger partial charge in [-0.2, -0.15) is 26.3 Å². The maximum atomic E-state index is 13.2. The van der Waals surface area contributed by atoms with Crippen molar-refractivity contribution < 1.29 is 40.7 Å². The van der Waals surface area contributed by atoms with Gasteiger partial charge in [0.25, 0.3) is 0 Å². The van der Waals surface area contributed by atoms with E-state index < -0.39 is 53.5 Å². The van der Waals surface area contributed by atoms with Crippen molar-refractivity contribution in [3.63, 3.8) is 0 Å². The molecule has 1 heterocycles. The molecule has 1 fully saturated rings. The van der Waals surface area contributed by atoms with Gasteiger partial charge in [0.05, 0.1) is 17.0 Å². The number of carbonyl (C=O) groups is 2. The number of nitrogens with zero attached hydrogens (tertiary/aromatic N) is 1. The molecule has 0 spiro atoms. The molecule has 0 unspecified atom stereocenters. The fraction of sp³-hybridized carbons (Fsp3) is 0.462. The van der Waals surface area contributed by atoms with E-state index in [1.807, 2.05) is 12.1 Å². The number of alkyl halides is 6. The average molecular weight is 531 g/mol. The molecule has 11 heteroatoms. The minimum Gasteiger partial charge on any atom is -0.444 e. The van der Waals surface area contributed by atoms with Gasteiger partial charge >= 0.3 is 18.4 Å². The zero-order chi connectivity index (χ0) is 27.6. The summed E-state index contributed by atoms with van der Waals surface area (Å²) in [5.41, 5.74) is -3.17. The van der Waals surface area contributed by atoms with Crippen LogP contribution in [0.5, 0.6) is 0 Å². The number of halogens is 6. The van der Waals surface area contributed by atoms with E-state index in [9.17, 15) is 35.9 Å². The van der Waals surface area contributed by atoms with Crippen LogP contribution in [0.15, 0.2) is 48.5 Å². The van der Waals surface area contributed by atoms with Gasteiger partial charge in [-0.1, -0.05) is 30.3 Å². The molecule has 2 atom stereocenters. The number of hydrogen-bond donors (Lipinski definition) is 1. The zero-order valence-corrected chi connectivity index (χ0v) is 20.5. The van der Waals surface area contributed by atoms with E-state index in [4.69, 9.17) is 4.74 Å². The van der Waals surface area contributed by atoms with Crippen molar-refractivity contribution in [2.75, 3.05) is 13.1 Å². The van der Waals surface area contributed by atoms with Crippen LogP contribution < -0.4 is 5.32 Å². The molecule has 1 aliphatic heterocycles. The summed E-state index contributed by atoms with van der Waals surface area (Å²) in [4.78, 5) is 27.3. The topological polar surface area (TPSA) is 58.6 Å². The van der Waals surface area contributed by atoms with Gasteiger partial charge in [-0.15, -0.1) is 0 Å². The minimum atomic E-state index is -4.99. The van der Waals surface area contributed by atoms with E-state index >= 15 is 0 Å². The Bertz CT molecular complexity index is 1080. The SMILES string of the molecule is CC(C)(C)OC(=O)N1CC[C@H](c2ccccc2)[C@@H](C(=O)NCc2cc(C(F)(F)F)cc(C(F)(F)F)c2)C1. The molecular formula is C26H28F6N2O3. The van der Waals surface area contributed by atoms with Crippen LogP contribution in [-0.2, 0) is 28.4 Å². The van der Waals surface area contributed by atoms with Gasteiger partial charge in [-0.3, -0.25) is 4.79 Å². The Morgan fingerprint density at radius 2 is 1.51 bits per heavy atom. The van der Waals surface area contributed by atoms with Crippen LogP contribution in [0.2, 0.25) is 0 Å². The summed E-state index contributed by atoms with van der Waals surface area (Å²) in [6.45, 7) is 4.87. The second kappa shape index (κ2) is 10.6. The van der Waals surface area contributed by atoms with Crippen molar-refractivity contribution in [1.29, 1.82) is 0 Å². The van der Waals surface area contributed by atoms with Crippen LogP contribution in [0.25, 0.3) is 0 Å². The lowest BCUT2D eigenvalue weighted by atomic mass is 9.80. The Labute approximate surface area is 210 Å². The summed E-state index contributed by atoms with van der Waals surface area (Å²) >= 11 is 0. The van der Waals surface area contributed by atoms with Crippen molar-refractivity contribution >= 4 is 12.0 Å². The summed E-state index contributed by atoms with van der Waals surface area (Å²) < 4.78 is 84.6. The van der Waals surface area contributed by atoms with E-state index in [-0.39, 0.29) is 24.1 Å². The summed E-state index contributed by atoms with van der Waals surface area (Å²) in [6.07, 6.45) is -10.2. The highest BCUT2D eigenvalue weighted by atomic mass is 19.4. The number of carbonyl (C=O) groups excluding carboxylic acids is 2. The predicted molar refractivity (Wildman–Crippen MR) is 123 cm³/mol. The molecule has 2 aromatic rings. The zero-order valence-electron chi connectivity index (χ0n) is 20.5. The number of hydrogen-bond acceptors (Lipinski definition) is 3. The lowest BCUT2D eigenvalue weighted by molar-refractivity contribution is -0.143. The van der Waals surface area contributed by atoms with E-state index in [2.05, 4.69) is 5.32 Å². The number of piperidine rings is 1. The smallest absolute Gasteiger partial charge is 0.416 e. The van der Waals surface area contributed by atoms with Crippen molar-refractivity contribution in [2.24, 2.45) is 5.92 Å². The first kappa shape index (κ1) is 28.3. The number of nitrogens with one attached hydrogen (secondary N) is 1. The maximum Gasteiger partial charge on any atom is 0.416 e. The van der Waals surface area contributed by atoms with Gasteiger partial charge in [-0.25, -0.2) is 4.79 Å². The number of amides is 2. The van der Waals surface area contributed by atoms with Crippen molar-refractivity contribution in [3.05, 3.63) is 70.8 Å². The molecule has 1 saturated heterocycles. The van der Waals surface area contributed by atoms with Crippen LogP contribution in [0.3, 0.4) is 0 Å². The first-order chi connectivity index (χ1) is 17.0. The Kier molecular flexibility index (Phi) is 8.14. The van der Waals surface area contributed by atoms with Crippen LogP contribution in [0.4, 0.5) is 31.1 Å². The second-order valence-electron chi connectivity index (χ2n) is 9.97. The summed E-state index contributed by atoms with van der Waals surface area (Å²) in [6, 6.07) is 10.3. The highest BCUT2D eigenvalue weighted by molar-refractivity contribution is 5.81. The molecule has 2 amide bonds. The molecule has 2 aromatic carbocycles. The Hall–Kier alpha value is -3.24. The van der Waals surface area contributed by atoms with E-state index in [1.54, 1.807) is 39.0 Å². The largest absolute Gasteiger partial charge is 0.444 e. The van der Waals surface area contributed by atoms with E-state index in [1.165, 1.54) is 4.90 Å². The molecular weight excluding hydrogens is 502 g/mol. The molecule has 1 N–H and O–H groups in total. The fourth-order valence-corrected chi connectivity index (χ4v) is 4.25. The molecule has 37 heavy (non-hydrogen) atoms. The van der Waals surface area contributed by atoms with Gasteiger partial charge in [0.1, 0.15) is 5.60 Å². The van der Waals surface area contributed by atoms with E-state index in [0.29, 0.717) is 25.1 Å². The van der Waals surface area contributed by atoms with Gasteiger partial charge in [-0.05, 0) is 62.4 Å². The first-order valence-corrected chi connectivity index (χ1v) is 11.6. The molecule has 0 saturated carbocycles. The number of likely N-dealkylation sites (tertiary alicyclic amines) is 1. The van der Waals surface area contributed by atoms with Gasteiger partial charge < -0.3 is 15.0 Å². The van der Waals surface area contributed by atoms with Crippen molar-refractivity contribution in [1.82, 2.24) is 10.2 Å². The third-order valence-electron chi connectivity index (χ3n) is 5.94. The van der Waals surface area contributed by atoms with E-state index in [0.717, 1.165) is 5.56 Å². The fourth-order valence-electron chi connectivity index (χ4n) is 4.25. The summed E-state index contributed by atoms with van der Waals surface area (Å²) in [5.74, 6) is -1.70. The highest BCUT2D eigenvalue weighted by Gasteiger charge is 2.39. The molecule has 0 aliphatic carbocycles. The van der Waals surface area contributed by atoms with Crippen LogP contribution in [0, 0.1) is 5.92 Å². The van der Waals surface area contributed by atoms with Crippen LogP contribution >= 0.6 is 0 Å². The average Bonchev–Trinajstić information content (AvgIpc) is 2.80. The standard InChI is InChI=1S/C26H28F6N2O3/c1-24(2,3)37-23(36)34-10-9-20(17-7-5-4-6-8-17)21(15-34)22(35)33-14-16-11-18(25(27,28)29)13-19(12-16)26(30,31)32/h4-8,11-13,20-21H,9-10,14-15H2,1-3H3,(H,33,35)/t20-,21+/m1/s1. The summed E-state index contributed by atoms with van der Waals surface area (Å²) in [7, 11) is 0. The third kappa shape index (κ3) is 7.62. The molecule has 5 nitrogen and oxygen atoms in total. The monoisotopic (exact) mass is 530 g/mol. The lowest BCUT2D eigenvalue weighted by Crippen LogP contribution is -2.49. The highest BCUT2D eigenvalue weighted by Crippen LogP contribution is 2.37. The normalized spacial score (nSPS) is 18.9. The van der Waals surface area contributed by atoms with Crippen molar-refractivity contribution in [3.8, 4) is 0 Å². The van der Waals surface area contributed by atoms with Gasteiger partial charge in [0.2, 0.25) is 5.91 Å². The quantitative estimate of drug-likeness (QED) is 0.467. The number of rotatable bonds is 4. The Balaban J connectivity index is 1.84. The van der Waals surface area contributed by atoms with Crippen LogP contribution in [-0.4, -0.2) is 35.6 Å². The minimum absolute atomic E-state index is 0.0172. The Morgan fingerprint density at radius 1 is 0.946 bits per heavy atom. The summed E-state index contributed by atoms with van der Waals surface area (Å²) in [5, 5.41) is 2.48. The Morgan fingerprint density at radius 3 is 2.03 bits per heavy atom. The predicted octanol–water partition coefficient (Wildman–Crippen LogP) is 6.38. The lowest BCUT2D eigenvalue weighted by Gasteiger charge is -2.38. The van der Waals surface area contributed by atoms with Gasteiger partial charge in [0.15, 0.2) is 0 Å². The molecule has 3 rings (SSSR count). The second-order valence-corrected chi connectivity index (χ2v) is 9.97. The molecule has 0 aromatic heterocycles. The van der Waals surface area contributed by atoms with Crippen LogP contribution in [0.1, 0.15) is 55.4 Å². The third-order valence-corrected chi connectivity index (χ3v) is 5.94. The van der Waals surface area contributed by atoms with Crippen molar-refractivity contribution in [2.45, 2.75) is 57.6 Å². The maximum absolute atomic E-state index is 13.2.